The zero-order valence-electron chi connectivity index (χ0n) is 14.0. The lowest BCUT2D eigenvalue weighted by Crippen LogP contribution is -2.37. The molecule has 1 heterocycles. The molecule has 24 heavy (non-hydrogen) atoms. The first-order chi connectivity index (χ1) is 11.4. The molecule has 1 N–H and O–H groups in total. The minimum absolute atomic E-state index is 0.154. The Balaban J connectivity index is 1.79. The summed E-state index contributed by atoms with van der Waals surface area (Å²) in [6.45, 7) is 1.05. The Bertz CT molecular complexity index is 880. The molecule has 6 nitrogen and oxygen atoms in total. The molecule has 1 aliphatic carbocycles. The van der Waals surface area contributed by atoms with Crippen LogP contribution in [0.1, 0.15) is 25.7 Å². The van der Waals surface area contributed by atoms with E-state index in [1.54, 1.807) is 32.3 Å². The molecule has 0 radical (unpaired) electrons. The highest BCUT2D eigenvalue weighted by Crippen LogP contribution is 2.27. The minimum Gasteiger partial charge on any atom is -0.313 e. The fraction of sp³-hybridized carbons (Fsp3) is 0.562. The number of thiazole rings is 1. The molecule has 0 bridgehead atoms. The molecule has 3 rings (SSSR count). The average molecular weight is 370 g/mol. The number of rotatable bonds is 6. The van der Waals surface area contributed by atoms with Gasteiger partial charge in [-0.05, 0) is 25.0 Å². The maximum atomic E-state index is 12.9. The number of sulfonamides is 1. The van der Waals surface area contributed by atoms with Gasteiger partial charge in [-0.3, -0.25) is 4.79 Å². The van der Waals surface area contributed by atoms with E-state index in [1.165, 1.54) is 34.6 Å². The Labute approximate surface area is 146 Å². The van der Waals surface area contributed by atoms with Crippen molar-refractivity contribution in [1.82, 2.24) is 14.2 Å². The molecule has 0 atom stereocenters. The maximum absolute atomic E-state index is 12.9. The smallest absolute Gasteiger partial charge is 0.307 e. The summed E-state index contributed by atoms with van der Waals surface area (Å²) >= 11 is 0.980. The summed E-state index contributed by atoms with van der Waals surface area (Å²) in [6, 6.07) is 5.55. The van der Waals surface area contributed by atoms with Crippen molar-refractivity contribution in [2.75, 3.05) is 20.1 Å². The van der Waals surface area contributed by atoms with Gasteiger partial charge in [-0.1, -0.05) is 30.2 Å². The Morgan fingerprint density at radius 1 is 1.33 bits per heavy atom. The number of nitrogens with one attached hydrogen (secondary N) is 1. The molecule has 0 saturated heterocycles. The molecule has 1 aromatic heterocycles. The van der Waals surface area contributed by atoms with Gasteiger partial charge in [-0.2, -0.15) is 4.31 Å². The van der Waals surface area contributed by atoms with E-state index in [9.17, 15) is 13.2 Å². The minimum atomic E-state index is -3.61. The van der Waals surface area contributed by atoms with Crippen LogP contribution in [0.4, 0.5) is 0 Å². The van der Waals surface area contributed by atoms with E-state index in [2.05, 4.69) is 5.32 Å². The van der Waals surface area contributed by atoms with Crippen LogP contribution in [0.15, 0.2) is 27.9 Å². The third-order valence-electron chi connectivity index (χ3n) is 4.69. The topological polar surface area (TPSA) is 71.4 Å². The monoisotopic (exact) mass is 369 g/mol. The van der Waals surface area contributed by atoms with E-state index in [1.807, 2.05) is 0 Å². The Kier molecular flexibility index (Phi) is 5.10. The second kappa shape index (κ2) is 6.95. The number of nitrogens with zero attached hydrogens (tertiary/aromatic N) is 2. The second-order valence-corrected chi connectivity index (χ2v) is 9.27. The summed E-state index contributed by atoms with van der Waals surface area (Å²) in [6.07, 6.45) is 4.85. The molecule has 1 saturated carbocycles. The van der Waals surface area contributed by atoms with Gasteiger partial charge in [0.05, 0.1) is 10.2 Å². The van der Waals surface area contributed by atoms with Crippen LogP contribution >= 0.6 is 11.3 Å². The summed E-state index contributed by atoms with van der Waals surface area (Å²) in [5.41, 5.74) is 0.656. The molecule has 8 heteroatoms. The van der Waals surface area contributed by atoms with E-state index in [0.29, 0.717) is 29.3 Å². The molecule has 1 aromatic carbocycles. The first-order valence-corrected chi connectivity index (χ1v) is 10.4. The maximum Gasteiger partial charge on any atom is 0.307 e. The first-order valence-electron chi connectivity index (χ1n) is 8.19. The third-order valence-corrected chi connectivity index (χ3v) is 7.80. The Morgan fingerprint density at radius 3 is 2.75 bits per heavy atom. The zero-order chi connectivity index (χ0) is 17.3. The normalized spacial score (nSPS) is 16.5. The number of aryl methyl sites for hydroxylation is 1. The lowest BCUT2D eigenvalue weighted by Gasteiger charge is -2.19. The van der Waals surface area contributed by atoms with Gasteiger partial charge in [0, 0.05) is 33.2 Å². The molecular weight excluding hydrogens is 346 g/mol. The van der Waals surface area contributed by atoms with Crippen LogP contribution in [-0.4, -0.2) is 43.5 Å². The van der Waals surface area contributed by atoms with Gasteiger partial charge in [0.25, 0.3) is 0 Å². The van der Waals surface area contributed by atoms with Gasteiger partial charge < -0.3 is 9.88 Å². The highest BCUT2D eigenvalue weighted by molar-refractivity contribution is 7.89. The lowest BCUT2D eigenvalue weighted by molar-refractivity contribution is 0.435. The summed E-state index contributed by atoms with van der Waals surface area (Å²) in [4.78, 5) is 11.9. The van der Waals surface area contributed by atoms with Crippen molar-refractivity contribution in [3.8, 4) is 0 Å². The molecule has 0 aliphatic heterocycles. The van der Waals surface area contributed by atoms with Gasteiger partial charge in [0.15, 0.2) is 0 Å². The zero-order valence-corrected chi connectivity index (χ0v) is 15.6. The van der Waals surface area contributed by atoms with Crippen LogP contribution in [0.2, 0.25) is 0 Å². The lowest BCUT2D eigenvalue weighted by atomic mass is 10.2. The Hall–Kier alpha value is -1.22. The van der Waals surface area contributed by atoms with Crippen LogP contribution < -0.4 is 10.2 Å². The van der Waals surface area contributed by atoms with Crippen molar-refractivity contribution in [1.29, 1.82) is 0 Å². The molecule has 2 aromatic rings. The molecule has 0 spiro atoms. The summed E-state index contributed by atoms with van der Waals surface area (Å²) < 4.78 is 29.2. The van der Waals surface area contributed by atoms with E-state index in [0.717, 1.165) is 11.3 Å². The van der Waals surface area contributed by atoms with E-state index < -0.39 is 10.0 Å². The average Bonchev–Trinajstić information content (AvgIpc) is 3.16. The summed E-state index contributed by atoms with van der Waals surface area (Å²) in [7, 11) is -0.360. The van der Waals surface area contributed by atoms with Crippen LogP contribution in [0.5, 0.6) is 0 Å². The van der Waals surface area contributed by atoms with E-state index in [4.69, 9.17) is 0 Å². The number of hydrogen-bond acceptors (Lipinski definition) is 5. The largest absolute Gasteiger partial charge is 0.313 e. The number of benzene rings is 1. The van der Waals surface area contributed by atoms with E-state index in [-0.39, 0.29) is 9.77 Å². The number of fused-ring (bicyclic) bond motifs is 1. The fourth-order valence-electron chi connectivity index (χ4n) is 3.17. The second-order valence-electron chi connectivity index (χ2n) is 6.29. The van der Waals surface area contributed by atoms with Gasteiger partial charge in [0.1, 0.15) is 4.90 Å². The first kappa shape index (κ1) is 17.6. The van der Waals surface area contributed by atoms with Gasteiger partial charge in [0.2, 0.25) is 10.0 Å². The molecule has 1 aliphatic rings. The predicted octanol–water partition coefficient (Wildman–Crippen LogP) is 1.75. The molecule has 132 valence electrons. The molecule has 1 fully saturated rings. The number of likely N-dealkylation sites (N-methyl/N-ethyl adjacent to an activating group) is 1. The van der Waals surface area contributed by atoms with Crippen molar-refractivity contribution in [2.45, 2.75) is 36.6 Å². The highest BCUT2D eigenvalue weighted by atomic mass is 32.2. The van der Waals surface area contributed by atoms with Crippen molar-refractivity contribution < 1.29 is 8.42 Å². The van der Waals surface area contributed by atoms with Gasteiger partial charge >= 0.3 is 4.87 Å². The number of hydrogen-bond donors (Lipinski definition) is 1. The predicted molar refractivity (Wildman–Crippen MR) is 97.1 cm³/mol. The molecule has 0 amide bonds. The standard InChI is InChI=1S/C16H23N3O3S2/c1-18(11-10-17-12-6-3-4-7-12)24(21,22)14-9-5-8-13-15(14)23-16(20)19(13)2/h5,8-9,12,17H,3-4,6-7,10-11H2,1-2H3. The fourth-order valence-corrected chi connectivity index (χ4v) is 5.76. The van der Waals surface area contributed by atoms with Crippen molar-refractivity contribution in [3.63, 3.8) is 0 Å². The Morgan fingerprint density at radius 2 is 2.04 bits per heavy atom. The van der Waals surface area contributed by atoms with Gasteiger partial charge in [-0.25, -0.2) is 8.42 Å². The van der Waals surface area contributed by atoms with E-state index >= 15 is 0 Å². The van der Waals surface area contributed by atoms with Gasteiger partial charge in [-0.15, -0.1) is 0 Å². The molecule has 0 unspecified atom stereocenters. The van der Waals surface area contributed by atoms with Crippen molar-refractivity contribution in [3.05, 3.63) is 27.9 Å². The van der Waals surface area contributed by atoms with Crippen molar-refractivity contribution >= 4 is 31.6 Å². The quantitative estimate of drug-likeness (QED) is 0.842. The highest BCUT2D eigenvalue weighted by Gasteiger charge is 2.25. The third kappa shape index (κ3) is 3.28. The SMILES string of the molecule is CN(CCNC1CCCC1)S(=O)(=O)c1cccc2c1sc(=O)n2C. The van der Waals surface area contributed by atoms with Crippen LogP contribution in [0.25, 0.3) is 10.2 Å². The van der Waals surface area contributed by atoms with Crippen molar-refractivity contribution in [2.24, 2.45) is 7.05 Å². The van der Waals surface area contributed by atoms with Crippen LogP contribution in [-0.2, 0) is 17.1 Å². The molecular formula is C16H23N3O3S2. The van der Waals surface area contributed by atoms with Crippen LogP contribution in [0, 0.1) is 0 Å². The number of aromatic nitrogens is 1. The van der Waals surface area contributed by atoms with Crippen LogP contribution in [0.3, 0.4) is 0 Å². The summed E-state index contributed by atoms with van der Waals surface area (Å²) in [5, 5.41) is 3.43. The summed E-state index contributed by atoms with van der Waals surface area (Å²) in [5.74, 6) is 0.